The first kappa shape index (κ1) is 22.2. The molecule has 2 heterocycles. The van der Waals surface area contributed by atoms with Gasteiger partial charge in [-0.2, -0.15) is 11.8 Å². The van der Waals surface area contributed by atoms with Crippen molar-refractivity contribution in [3.63, 3.8) is 0 Å². The Kier molecular flexibility index (Phi) is 7.34. The molecular weight excluding hydrogens is 473 g/mol. The Morgan fingerprint density at radius 2 is 2.03 bits per heavy atom. The molecule has 0 bridgehead atoms. The van der Waals surface area contributed by atoms with E-state index in [1.165, 1.54) is 16.7 Å². The molecule has 29 heavy (non-hydrogen) atoms. The zero-order chi connectivity index (χ0) is 21.1. The molecule has 0 saturated carbocycles. The molecule has 1 fully saturated rings. The number of carbonyl (C=O) groups is 2. The van der Waals surface area contributed by atoms with Crippen molar-refractivity contribution < 1.29 is 19.1 Å². The maximum Gasteiger partial charge on any atom is 0.326 e. The summed E-state index contributed by atoms with van der Waals surface area (Å²) >= 11 is 19.9. The number of benzene rings is 1. The van der Waals surface area contributed by atoms with Crippen molar-refractivity contribution in [3.05, 3.63) is 51.0 Å². The first-order valence-electron chi connectivity index (χ1n) is 8.35. The van der Waals surface area contributed by atoms with Crippen molar-refractivity contribution in [3.8, 4) is 11.3 Å². The van der Waals surface area contributed by atoms with E-state index in [1.807, 2.05) is 6.26 Å². The number of thioether (sulfide) groups is 2. The lowest BCUT2D eigenvalue weighted by Gasteiger charge is -2.22. The SMILES string of the molecule is CSCC[C@H](C(=O)O)N1C(=O)/C(=C/c2ccc(-c3cc(Cl)cc(Cl)c3)o2)SC1=S. The van der Waals surface area contributed by atoms with Crippen LogP contribution >= 0.6 is 58.9 Å². The fourth-order valence-electron chi connectivity index (χ4n) is 2.75. The van der Waals surface area contributed by atoms with E-state index in [-0.39, 0.29) is 4.32 Å². The normalized spacial score (nSPS) is 16.7. The van der Waals surface area contributed by atoms with Crippen LogP contribution in [0.4, 0.5) is 0 Å². The second-order valence-corrected chi connectivity index (χ2v) is 9.58. The smallest absolute Gasteiger partial charge is 0.326 e. The minimum atomic E-state index is -1.07. The number of nitrogens with zero attached hydrogens (tertiary/aromatic N) is 1. The predicted octanol–water partition coefficient (Wildman–Crippen LogP) is 5.66. The van der Waals surface area contributed by atoms with Crippen LogP contribution in [0.3, 0.4) is 0 Å². The molecule has 1 aliphatic heterocycles. The van der Waals surface area contributed by atoms with Crippen LogP contribution in [-0.2, 0) is 9.59 Å². The van der Waals surface area contributed by atoms with Gasteiger partial charge in [0, 0.05) is 21.7 Å². The summed E-state index contributed by atoms with van der Waals surface area (Å²) in [7, 11) is 0. The minimum absolute atomic E-state index is 0.225. The van der Waals surface area contributed by atoms with Crippen molar-refractivity contribution in [1.82, 2.24) is 4.90 Å². The maximum absolute atomic E-state index is 12.8. The highest BCUT2D eigenvalue weighted by Gasteiger charge is 2.40. The van der Waals surface area contributed by atoms with Gasteiger partial charge >= 0.3 is 5.97 Å². The fraction of sp³-hybridized carbons (Fsp3) is 0.211. The molecule has 1 aromatic carbocycles. The van der Waals surface area contributed by atoms with Gasteiger partial charge in [-0.25, -0.2) is 4.79 Å². The van der Waals surface area contributed by atoms with Crippen LogP contribution in [0.25, 0.3) is 17.4 Å². The van der Waals surface area contributed by atoms with Gasteiger partial charge in [-0.3, -0.25) is 9.69 Å². The van der Waals surface area contributed by atoms with Gasteiger partial charge in [-0.1, -0.05) is 47.2 Å². The highest BCUT2D eigenvalue weighted by Crippen LogP contribution is 2.36. The van der Waals surface area contributed by atoms with E-state index < -0.39 is 17.9 Å². The number of halogens is 2. The second kappa shape index (κ2) is 9.57. The Morgan fingerprint density at radius 3 is 2.66 bits per heavy atom. The molecule has 0 radical (unpaired) electrons. The Labute approximate surface area is 191 Å². The van der Waals surface area contributed by atoms with Crippen molar-refractivity contribution >= 4 is 81.2 Å². The van der Waals surface area contributed by atoms with Gasteiger partial charge in [-0.15, -0.1) is 0 Å². The number of hydrogen-bond donors (Lipinski definition) is 1. The molecule has 152 valence electrons. The molecule has 0 aliphatic carbocycles. The standard InChI is InChI=1S/C19H15Cl2NO4S3/c1-28-5-4-14(18(24)25)22-17(23)16(29-19(22)27)9-13-2-3-15(26-13)10-6-11(20)8-12(21)7-10/h2-3,6-9,14H,4-5H2,1H3,(H,24,25)/b16-9-/t14-/m1/s1. The number of carbonyl (C=O) groups excluding carboxylic acids is 1. The highest BCUT2D eigenvalue weighted by atomic mass is 35.5. The lowest BCUT2D eigenvalue weighted by Crippen LogP contribution is -2.44. The minimum Gasteiger partial charge on any atom is -0.480 e. The van der Waals surface area contributed by atoms with E-state index in [1.54, 1.807) is 36.4 Å². The second-order valence-electron chi connectivity index (χ2n) is 6.05. The van der Waals surface area contributed by atoms with Crippen LogP contribution in [0.1, 0.15) is 12.2 Å². The molecule has 5 nitrogen and oxygen atoms in total. The van der Waals surface area contributed by atoms with Gasteiger partial charge in [0.2, 0.25) is 0 Å². The van der Waals surface area contributed by atoms with Crippen LogP contribution in [-0.4, -0.2) is 44.3 Å². The third-order valence-electron chi connectivity index (χ3n) is 4.06. The lowest BCUT2D eigenvalue weighted by atomic mass is 10.2. The summed E-state index contributed by atoms with van der Waals surface area (Å²) < 4.78 is 6.02. The van der Waals surface area contributed by atoms with Crippen molar-refractivity contribution in [2.75, 3.05) is 12.0 Å². The molecule has 1 N–H and O–H groups in total. The number of carboxylic acid groups (broad SMARTS) is 1. The van der Waals surface area contributed by atoms with Gasteiger partial charge in [0.1, 0.15) is 21.9 Å². The summed E-state index contributed by atoms with van der Waals surface area (Å²) in [4.78, 5) is 25.9. The summed E-state index contributed by atoms with van der Waals surface area (Å²) in [6.07, 6.45) is 3.75. The summed E-state index contributed by atoms with van der Waals surface area (Å²) in [5.74, 6) is 0.0793. The molecule has 1 amide bonds. The van der Waals surface area contributed by atoms with E-state index in [0.29, 0.717) is 44.2 Å². The van der Waals surface area contributed by atoms with Crippen LogP contribution in [0.2, 0.25) is 10.0 Å². The summed E-state index contributed by atoms with van der Waals surface area (Å²) in [5, 5.41) is 10.5. The molecular formula is C19H15Cl2NO4S3. The average molecular weight is 488 g/mol. The summed E-state index contributed by atoms with van der Waals surface area (Å²) in [5.41, 5.74) is 0.706. The number of furan rings is 1. The van der Waals surface area contributed by atoms with Crippen LogP contribution in [0, 0.1) is 0 Å². The molecule has 0 unspecified atom stereocenters. The molecule has 1 aromatic heterocycles. The molecule has 3 rings (SSSR count). The van der Waals surface area contributed by atoms with Gasteiger partial charge in [0.05, 0.1) is 4.91 Å². The van der Waals surface area contributed by atoms with E-state index >= 15 is 0 Å². The van der Waals surface area contributed by atoms with E-state index in [2.05, 4.69) is 0 Å². The van der Waals surface area contributed by atoms with E-state index in [9.17, 15) is 14.7 Å². The molecule has 1 atom stereocenters. The molecule has 0 spiro atoms. The third kappa shape index (κ3) is 5.19. The van der Waals surface area contributed by atoms with E-state index in [0.717, 1.165) is 11.8 Å². The number of amides is 1. The topological polar surface area (TPSA) is 70.8 Å². The zero-order valence-electron chi connectivity index (χ0n) is 15.1. The number of aliphatic carboxylic acids is 1. The van der Waals surface area contributed by atoms with Crippen molar-refractivity contribution in [2.24, 2.45) is 0 Å². The molecule has 1 saturated heterocycles. The Morgan fingerprint density at radius 1 is 1.34 bits per heavy atom. The van der Waals surface area contributed by atoms with Gasteiger partial charge < -0.3 is 9.52 Å². The number of hydrogen-bond acceptors (Lipinski definition) is 6. The first-order chi connectivity index (χ1) is 13.8. The monoisotopic (exact) mass is 487 g/mol. The van der Waals surface area contributed by atoms with E-state index in [4.69, 9.17) is 39.8 Å². The summed E-state index contributed by atoms with van der Waals surface area (Å²) in [6, 6.07) is 7.53. The Bertz CT molecular complexity index is 985. The number of rotatable bonds is 7. The van der Waals surface area contributed by atoms with Gasteiger partial charge in [0.25, 0.3) is 5.91 Å². The third-order valence-corrected chi connectivity index (χ3v) is 6.47. The maximum atomic E-state index is 12.8. The summed E-state index contributed by atoms with van der Waals surface area (Å²) in [6.45, 7) is 0. The molecule has 2 aromatic rings. The quantitative estimate of drug-likeness (QED) is 0.398. The number of thiocarbonyl (C=S) groups is 1. The highest BCUT2D eigenvalue weighted by molar-refractivity contribution is 8.26. The van der Waals surface area contributed by atoms with Gasteiger partial charge in [-0.05, 0) is 48.8 Å². The number of carboxylic acids is 1. The first-order valence-corrected chi connectivity index (χ1v) is 11.7. The molecule has 10 heteroatoms. The van der Waals surface area contributed by atoms with Crippen LogP contribution in [0.15, 0.2) is 39.7 Å². The van der Waals surface area contributed by atoms with Crippen molar-refractivity contribution in [2.45, 2.75) is 12.5 Å². The zero-order valence-corrected chi connectivity index (χ0v) is 19.0. The lowest BCUT2D eigenvalue weighted by molar-refractivity contribution is -0.145. The van der Waals surface area contributed by atoms with Crippen LogP contribution in [0.5, 0.6) is 0 Å². The molecule has 1 aliphatic rings. The van der Waals surface area contributed by atoms with Gasteiger partial charge in [0.15, 0.2) is 0 Å². The average Bonchev–Trinajstić information content (AvgIpc) is 3.21. The van der Waals surface area contributed by atoms with Crippen molar-refractivity contribution in [1.29, 1.82) is 0 Å². The predicted molar refractivity (Wildman–Crippen MR) is 124 cm³/mol. The van der Waals surface area contributed by atoms with Crippen LogP contribution < -0.4 is 0 Å². The Balaban J connectivity index is 1.84. The Hall–Kier alpha value is -1.45. The fourth-order valence-corrected chi connectivity index (χ4v) is 5.07. The largest absolute Gasteiger partial charge is 0.480 e.